The second-order valence-corrected chi connectivity index (χ2v) is 12.7. The Labute approximate surface area is 237 Å². The summed E-state index contributed by atoms with van der Waals surface area (Å²) in [5.74, 6) is 2.43. The van der Waals surface area contributed by atoms with Crippen LogP contribution in [-0.4, -0.2) is 49.7 Å². The maximum Gasteiger partial charge on any atom is 0.220 e. The number of amides is 1. The minimum atomic E-state index is 0.0837. The Kier molecular flexibility index (Phi) is 10.3. The molecule has 0 bridgehead atoms. The number of rotatable bonds is 13. The Balaban J connectivity index is 1.41. The number of ether oxygens (including phenoxy) is 1. The van der Waals surface area contributed by atoms with Crippen LogP contribution in [0.1, 0.15) is 76.3 Å². The first-order valence-electron chi connectivity index (χ1n) is 15.3. The Morgan fingerprint density at radius 3 is 2.69 bits per heavy atom. The first-order valence-corrected chi connectivity index (χ1v) is 15.3. The van der Waals surface area contributed by atoms with Crippen molar-refractivity contribution in [2.75, 3.05) is 33.3 Å². The second-order valence-electron chi connectivity index (χ2n) is 12.7. The van der Waals surface area contributed by atoms with Crippen molar-refractivity contribution in [1.82, 2.24) is 5.32 Å². The third-order valence-electron chi connectivity index (χ3n) is 9.39. The molecule has 1 heterocycles. The number of fused-ring (bicyclic) bond motifs is 1. The number of methoxy groups -OCH3 is 1. The van der Waals surface area contributed by atoms with Crippen LogP contribution < -0.4 is 10.1 Å². The van der Waals surface area contributed by atoms with Gasteiger partial charge in [0.05, 0.1) is 33.3 Å². The fraction of sp³-hybridized carbons (Fsp3) is 0.571. The van der Waals surface area contributed by atoms with Gasteiger partial charge < -0.3 is 14.5 Å². The van der Waals surface area contributed by atoms with Crippen molar-refractivity contribution in [3.8, 4) is 5.75 Å². The van der Waals surface area contributed by atoms with Gasteiger partial charge in [-0.3, -0.25) is 4.79 Å². The first kappa shape index (κ1) is 29.4. The van der Waals surface area contributed by atoms with Crippen molar-refractivity contribution in [1.29, 1.82) is 0 Å². The number of likely N-dealkylation sites (tertiary alicyclic amines) is 1. The van der Waals surface area contributed by atoms with E-state index in [1.54, 1.807) is 7.11 Å². The molecule has 1 aliphatic heterocycles. The number of nitrogens with zero attached hydrogens (tertiary/aromatic N) is 1. The van der Waals surface area contributed by atoms with E-state index in [-0.39, 0.29) is 17.4 Å². The summed E-state index contributed by atoms with van der Waals surface area (Å²) >= 11 is 0. The Morgan fingerprint density at radius 2 is 1.95 bits per heavy atom. The van der Waals surface area contributed by atoms with Crippen LogP contribution in [0.4, 0.5) is 0 Å². The lowest BCUT2D eigenvalue weighted by Gasteiger charge is -2.56. The fourth-order valence-electron chi connectivity index (χ4n) is 7.70. The molecular weight excluding hydrogens is 480 g/mol. The van der Waals surface area contributed by atoms with E-state index in [0.717, 1.165) is 68.1 Å². The van der Waals surface area contributed by atoms with E-state index in [1.807, 2.05) is 0 Å². The van der Waals surface area contributed by atoms with E-state index in [2.05, 4.69) is 86.4 Å². The SMILES string of the molecule is C=CC[N@@+]1(CC(C)C)CC[C@]2(c3cccc(OC)c3)C[C@H](NC(=O)CCCCCc3ccccc3)CCC2C1. The smallest absolute Gasteiger partial charge is 0.220 e. The van der Waals surface area contributed by atoms with Gasteiger partial charge in [0.15, 0.2) is 0 Å². The standard InChI is InChI=1S/C35H50N2O2/c1-5-22-37(26-28(2)3)23-21-35(30-16-12-17-33(24-30)39-4)25-32(20-19-31(35)27-37)36-34(38)18-11-7-10-15-29-13-8-6-9-14-29/h5-6,8-9,12-14,16-17,24,28,31-32H,1,7,10-11,15,18-23,25-27H2,2-4H3/p+1/t31?,32-,35-,37+/m1/s1. The maximum atomic E-state index is 13.0. The monoisotopic (exact) mass is 531 g/mol. The number of piperidine rings is 1. The van der Waals surface area contributed by atoms with Crippen LogP contribution in [-0.2, 0) is 16.6 Å². The van der Waals surface area contributed by atoms with Crippen molar-refractivity contribution < 1.29 is 14.0 Å². The number of quaternary nitrogens is 1. The molecule has 4 rings (SSSR count). The lowest BCUT2D eigenvalue weighted by molar-refractivity contribution is -0.935. The molecule has 4 nitrogen and oxygen atoms in total. The summed E-state index contributed by atoms with van der Waals surface area (Å²) in [6.45, 7) is 13.4. The zero-order valence-electron chi connectivity index (χ0n) is 24.7. The summed E-state index contributed by atoms with van der Waals surface area (Å²) in [7, 11) is 1.76. The molecule has 1 amide bonds. The topological polar surface area (TPSA) is 38.3 Å². The van der Waals surface area contributed by atoms with Crippen LogP contribution in [0, 0.1) is 11.8 Å². The molecule has 4 heteroatoms. The summed E-state index contributed by atoms with van der Waals surface area (Å²) in [5.41, 5.74) is 2.87. The molecular formula is C35H51N2O2+. The zero-order chi connectivity index (χ0) is 27.7. The number of unbranched alkanes of at least 4 members (excludes halogenated alkanes) is 2. The van der Waals surface area contributed by atoms with E-state index in [1.165, 1.54) is 30.8 Å². The highest BCUT2D eigenvalue weighted by Crippen LogP contribution is 2.51. The number of carbonyl (C=O) groups excluding carboxylic acids is 1. The molecule has 0 aromatic heterocycles. The highest BCUT2D eigenvalue weighted by Gasteiger charge is 2.53. The molecule has 0 radical (unpaired) electrons. The quantitative estimate of drug-likeness (QED) is 0.170. The number of aryl methyl sites for hydroxylation is 1. The van der Waals surface area contributed by atoms with Gasteiger partial charge in [0.25, 0.3) is 0 Å². The van der Waals surface area contributed by atoms with E-state index < -0.39 is 0 Å². The van der Waals surface area contributed by atoms with Gasteiger partial charge in [-0.2, -0.15) is 0 Å². The average Bonchev–Trinajstić information content (AvgIpc) is 2.93. The number of nitrogens with one attached hydrogen (secondary N) is 1. The maximum absolute atomic E-state index is 13.0. The largest absolute Gasteiger partial charge is 0.497 e. The summed E-state index contributed by atoms with van der Waals surface area (Å²) in [5, 5.41) is 3.47. The molecule has 2 aromatic rings. The number of carbonyl (C=O) groups is 1. The van der Waals surface area contributed by atoms with Crippen LogP contribution in [0.15, 0.2) is 67.3 Å². The van der Waals surface area contributed by atoms with Crippen molar-refractivity contribution in [2.45, 2.75) is 83.1 Å². The highest BCUT2D eigenvalue weighted by atomic mass is 16.5. The Hall–Kier alpha value is -2.59. The number of benzene rings is 2. The molecule has 2 fully saturated rings. The summed E-state index contributed by atoms with van der Waals surface area (Å²) in [6.07, 6.45) is 11.5. The summed E-state index contributed by atoms with van der Waals surface area (Å²) < 4.78 is 6.80. The minimum Gasteiger partial charge on any atom is -0.497 e. The normalized spacial score (nSPS) is 26.6. The van der Waals surface area contributed by atoms with Gasteiger partial charge >= 0.3 is 0 Å². The summed E-state index contributed by atoms with van der Waals surface area (Å²) in [6, 6.07) is 19.7. The van der Waals surface area contributed by atoms with Crippen LogP contribution in [0.3, 0.4) is 0 Å². The molecule has 1 unspecified atom stereocenters. The Bertz CT molecular complexity index is 1070. The highest BCUT2D eigenvalue weighted by molar-refractivity contribution is 5.76. The van der Waals surface area contributed by atoms with E-state index in [0.29, 0.717) is 18.3 Å². The molecule has 4 atom stereocenters. The number of hydrogen-bond acceptors (Lipinski definition) is 2. The van der Waals surface area contributed by atoms with Crippen LogP contribution in [0.5, 0.6) is 5.75 Å². The third kappa shape index (κ3) is 7.54. The van der Waals surface area contributed by atoms with Crippen LogP contribution >= 0.6 is 0 Å². The van der Waals surface area contributed by atoms with Crippen molar-refractivity contribution in [3.05, 3.63) is 78.4 Å². The molecule has 1 saturated carbocycles. The van der Waals surface area contributed by atoms with Gasteiger partial charge in [-0.05, 0) is 67.9 Å². The van der Waals surface area contributed by atoms with Crippen molar-refractivity contribution >= 4 is 5.91 Å². The lowest BCUT2D eigenvalue weighted by atomic mass is 9.57. The fourth-order valence-corrected chi connectivity index (χ4v) is 7.70. The van der Waals surface area contributed by atoms with Gasteiger partial charge in [0.1, 0.15) is 5.75 Å². The molecule has 0 spiro atoms. The molecule has 2 aromatic carbocycles. The van der Waals surface area contributed by atoms with Crippen molar-refractivity contribution in [3.63, 3.8) is 0 Å². The average molecular weight is 532 g/mol. The molecule has 39 heavy (non-hydrogen) atoms. The predicted octanol–water partition coefficient (Wildman–Crippen LogP) is 7.08. The van der Waals surface area contributed by atoms with Crippen LogP contribution in [0.25, 0.3) is 0 Å². The molecule has 212 valence electrons. The third-order valence-corrected chi connectivity index (χ3v) is 9.39. The zero-order valence-corrected chi connectivity index (χ0v) is 24.7. The predicted molar refractivity (Wildman–Crippen MR) is 162 cm³/mol. The molecule has 1 saturated heterocycles. The van der Waals surface area contributed by atoms with Crippen molar-refractivity contribution in [2.24, 2.45) is 11.8 Å². The van der Waals surface area contributed by atoms with Gasteiger partial charge in [-0.25, -0.2) is 0 Å². The number of hydrogen-bond donors (Lipinski definition) is 1. The summed E-state index contributed by atoms with van der Waals surface area (Å²) in [4.78, 5) is 13.0. The van der Waals surface area contributed by atoms with Gasteiger partial charge in [-0.15, -0.1) is 0 Å². The van der Waals surface area contributed by atoms with E-state index >= 15 is 0 Å². The minimum absolute atomic E-state index is 0.0837. The van der Waals surface area contributed by atoms with E-state index in [9.17, 15) is 4.79 Å². The molecule has 2 aliphatic rings. The van der Waals surface area contributed by atoms with Crippen LogP contribution in [0.2, 0.25) is 0 Å². The van der Waals surface area contributed by atoms with Gasteiger partial charge in [0.2, 0.25) is 5.91 Å². The first-order chi connectivity index (χ1) is 18.9. The molecule has 1 aliphatic carbocycles. The second kappa shape index (κ2) is 13.7. The van der Waals surface area contributed by atoms with Gasteiger partial charge in [-0.1, -0.05) is 69.3 Å². The lowest BCUT2D eigenvalue weighted by Crippen LogP contribution is -2.64. The Morgan fingerprint density at radius 1 is 1.13 bits per heavy atom. The van der Waals surface area contributed by atoms with Gasteiger partial charge in [0, 0.05) is 36.1 Å². The van der Waals surface area contributed by atoms with E-state index in [4.69, 9.17) is 4.74 Å². The molecule has 1 N–H and O–H groups in total.